The van der Waals surface area contributed by atoms with E-state index in [4.69, 9.17) is 0 Å². The predicted molar refractivity (Wildman–Crippen MR) is 102 cm³/mol. The molecule has 1 aliphatic rings. The zero-order chi connectivity index (χ0) is 19.4. The fraction of sp³-hybridized carbons (Fsp3) is 0.500. The van der Waals surface area contributed by atoms with E-state index in [2.05, 4.69) is 15.6 Å². The van der Waals surface area contributed by atoms with E-state index in [9.17, 15) is 18.3 Å². The first kappa shape index (κ1) is 19.9. The molecule has 1 aromatic carbocycles. The number of guanidine groups is 1. The Morgan fingerprint density at radius 3 is 2.89 bits per heavy atom. The number of halogens is 3. The van der Waals surface area contributed by atoms with Gasteiger partial charge in [0.1, 0.15) is 6.10 Å². The molecule has 1 aromatic heterocycles. The molecule has 1 fully saturated rings. The molecule has 2 atom stereocenters. The van der Waals surface area contributed by atoms with Crippen molar-refractivity contribution in [3.63, 3.8) is 0 Å². The highest BCUT2D eigenvalue weighted by Crippen LogP contribution is 2.29. The number of nitrogens with one attached hydrogen (secondary N) is 2. The summed E-state index contributed by atoms with van der Waals surface area (Å²) in [7, 11) is 1.60. The average Bonchev–Trinajstić information content (AvgIpc) is 3.23. The van der Waals surface area contributed by atoms with E-state index < -0.39 is 18.8 Å². The van der Waals surface area contributed by atoms with Crippen molar-refractivity contribution in [2.24, 2.45) is 4.99 Å². The Labute approximate surface area is 159 Å². The summed E-state index contributed by atoms with van der Waals surface area (Å²) in [6.07, 6.45) is -4.25. The van der Waals surface area contributed by atoms with Gasteiger partial charge < -0.3 is 15.7 Å². The first-order chi connectivity index (χ1) is 12.8. The van der Waals surface area contributed by atoms with Crippen molar-refractivity contribution in [2.75, 3.05) is 33.2 Å². The minimum Gasteiger partial charge on any atom is -0.386 e. The lowest BCUT2D eigenvalue weighted by Crippen LogP contribution is -2.46. The summed E-state index contributed by atoms with van der Waals surface area (Å²) in [5.74, 6) is 0.481. The van der Waals surface area contributed by atoms with Gasteiger partial charge in [0.25, 0.3) is 0 Å². The van der Waals surface area contributed by atoms with Gasteiger partial charge in [0, 0.05) is 42.3 Å². The van der Waals surface area contributed by atoms with E-state index in [1.54, 1.807) is 7.05 Å². The van der Waals surface area contributed by atoms with Crippen LogP contribution in [0.5, 0.6) is 0 Å². The molecule has 27 heavy (non-hydrogen) atoms. The molecule has 2 unspecified atom stereocenters. The molecule has 0 saturated carbocycles. The Bertz CT molecular complexity index is 759. The first-order valence-corrected chi connectivity index (χ1v) is 9.58. The normalized spacial score (nSPS) is 20.2. The third-order valence-corrected chi connectivity index (χ3v) is 5.69. The summed E-state index contributed by atoms with van der Waals surface area (Å²) < 4.78 is 38.6. The Hall–Kier alpha value is -1.84. The molecule has 3 rings (SSSR count). The van der Waals surface area contributed by atoms with Gasteiger partial charge in [0.05, 0.1) is 6.54 Å². The standard InChI is InChI=1S/C18H23F3N4OS/c1-22-17(24-13-6-7-25(10-13)11-18(19,20)21)23-9-14(26)16-8-12-4-2-3-5-15(12)27-16/h2-5,8,13-14,26H,6-7,9-11H2,1H3,(H2,22,23,24). The molecule has 2 aromatic rings. The third kappa shape index (κ3) is 5.57. The van der Waals surface area contributed by atoms with E-state index in [0.717, 1.165) is 15.0 Å². The Morgan fingerprint density at radius 1 is 1.41 bits per heavy atom. The second-order valence-corrected chi connectivity index (χ2v) is 7.75. The molecule has 5 nitrogen and oxygen atoms in total. The number of thiophene rings is 1. The summed E-state index contributed by atoms with van der Waals surface area (Å²) in [5, 5.41) is 17.7. The number of hydrogen-bond acceptors (Lipinski definition) is 4. The van der Waals surface area contributed by atoms with Gasteiger partial charge in [-0.15, -0.1) is 11.3 Å². The number of fused-ring (bicyclic) bond motifs is 1. The molecular weight excluding hydrogens is 377 g/mol. The molecule has 0 aliphatic carbocycles. The molecular formula is C18H23F3N4OS. The quantitative estimate of drug-likeness (QED) is 0.534. The Morgan fingerprint density at radius 2 is 2.19 bits per heavy atom. The van der Waals surface area contributed by atoms with Crippen molar-refractivity contribution in [3.05, 3.63) is 35.2 Å². The van der Waals surface area contributed by atoms with Crippen LogP contribution in [0.4, 0.5) is 13.2 Å². The van der Waals surface area contributed by atoms with Crippen molar-refractivity contribution in [1.29, 1.82) is 0 Å². The van der Waals surface area contributed by atoms with Crippen LogP contribution in [-0.4, -0.2) is 61.4 Å². The fourth-order valence-electron chi connectivity index (χ4n) is 3.20. The number of aliphatic hydroxyl groups is 1. The van der Waals surface area contributed by atoms with E-state index >= 15 is 0 Å². The monoisotopic (exact) mass is 400 g/mol. The number of aliphatic hydroxyl groups excluding tert-OH is 1. The molecule has 0 bridgehead atoms. The van der Waals surface area contributed by atoms with Gasteiger partial charge in [-0.3, -0.25) is 9.89 Å². The van der Waals surface area contributed by atoms with Gasteiger partial charge in [-0.05, 0) is 23.9 Å². The van der Waals surface area contributed by atoms with E-state index in [1.165, 1.54) is 16.2 Å². The number of likely N-dealkylation sites (tertiary alicyclic amines) is 1. The van der Waals surface area contributed by atoms with Crippen LogP contribution < -0.4 is 10.6 Å². The van der Waals surface area contributed by atoms with Crippen LogP contribution in [0, 0.1) is 0 Å². The van der Waals surface area contributed by atoms with Crippen molar-refractivity contribution >= 4 is 27.4 Å². The summed E-state index contributed by atoms with van der Waals surface area (Å²) in [6.45, 7) is 0.102. The number of rotatable bonds is 5. The van der Waals surface area contributed by atoms with Gasteiger partial charge in [-0.1, -0.05) is 18.2 Å². The van der Waals surface area contributed by atoms with Crippen LogP contribution in [0.3, 0.4) is 0 Å². The second kappa shape index (κ2) is 8.45. The fourth-order valence-corrected chi connectivity index (χ4v) is 4.25. The maximum absolute atomic E-state index is 12.5. The van der Waals surface area contributed by atoms with Crippen LogP contribution in [0.2, 0.25) is 0 Å². The number of benzene rings is 1. The van der Waals surface area contributed by atoms with Gasteiger partial charge >= 0.3 is 6.18 Å². The number of alkyl halides is 3. The zero-order valence-electron chi connectivity index (χ0n) is 15.0. The minimum absolute atomic E-state index is 0.0972. The lowest BCUT2D eigenvalue weighted by atomic mass is 10.2. The van der Waals surface area contributed by atoms with Crippen LogP contribution in [0.25, 0.3) is 10.1 Å². The summed E-state index contributed by atoms with van der Waals surface area (Å²) >= 11 is 1.54. The van der Waals surface area contributed by atoms with E-state index in [0.29, 0.717) is 25.5 Å². The van der Waals surface area contributed by atoms with Gasteiger partial charge in [0.2, 0.25) is 0 Å². The Balaban J connectivity index is 1.49. The average molecular weight is 400 g/mol. The van der Waals surface area contributed by atoms with E-state index in [1.807, 2.05) is 30.3 Å². The van der Waals surface area contributed by atoms with Crippen LogP contribution in [0.1, 0.15) is 17.4 Å². The Kier molecular flexibility index (Phi) is 6.23. The molecule has 148 valence electrons. The van der Waals surface area contributed by atoms with Crippen molar-refractivity contribution in [2.45, 2.75) is 24.7 Å². The molecule has 0 amide bonds. The highest BCUT2D eigenvalue weighted by atomic mass is 32.1. The lowest BCUT2D eigenvalue weighted by molar-refractivity contribution is -0.143. The molecule has 0 spiro atoms. The third-order valence-electron chi connectivity index (χ3n) is 4.48. The summed E-state index contributed by atoms with van der Waals surface area (Å²) in [4.78, 5) is 6.35. The van der Waals surface area contributed by atoms with Gasteiger partial charge in [0.15, 0.2) is 5.96 Å². The second-order valence-electron chi connectivity index (χ2n) is 6.64. The van der Waals surface area contributed by atoms with Crippen LogP contribution >= 0.6 is 11.3 Å². The zero-order valence-corrected chi connectivity index (χ0v) is 15.8. The van der Waals surface area contributed by atoms with Crippen LogP contribution in [0.15, 0.2) is 35.3 Å². The highest BCUT2D eigenvalue weighted by molar-refractivity contribution is 7.19. The van der Waals surface area contributed by atoms with E-state index in [-0.39, 0.29) is 12.6 Å². The molecule has 0 radical (unpaired) electrons. The largest absolute Gasteiger partial charge is 0.401 e. The molecule has 2 heterocycles. The molecule has 3 N–H and O–H groups in total. The van der Waals surface area contributed by atoms with Crippen molar-refractivity contribution in [1.82, 2.24) is 15.5 Å². The number of nitrogens with zero attached hydrogens (tertiary/aromatic N) is 2. The first-order valence-electron chi connectivity index (χ1n) is 8.77. The van der Waals surface area contributed by atoms with Crippen molar-refractivity contribution in [3.8, 4) is 0 Å². The highest BCUT2D eigenvalue weighted by Gasteiger charge is 2.34. The number of hydrogen-bond donors (Lipinski definition) is 3. The van der Waals surface area contributed by atoms with Gasteiger partial charge in [-0.2, -0.15) is 13.2 Å². The maximum Gasteiger partial charge on any atom is 0.401 e. The summed E-state index contributed by atoms with van der Waals surface area (Å²) in [6, 6.07) is 9.80. The smallest absolute Gasteiger partial charge is 0.386 e. The number of aliphatic imine (C=N–C) groups is 1. The molecule has 1 aliphatic heterocycles. The van der Waals surface area contributed by atoms with Crippen molar-refractivity contribution < 1.29 is 18.3 Å². The summed E-state index contributed by atoms with van der Waals surface area (Å²) in [5.41, 5.74) is 0. The topological polar surface area (TPSA) is 59.9 Å². The molecule has 9 heteroatoms. The maximum atomic E-state index is 12.5. The predicted octanol–water partition coefficient (Wildman–Crippen LogP) is 2.74. The van der Waals surface area contributed by atoms with Gasteiger partial charge in [-0.25, -0.2) is 0 Å². The SMILES string of the molecule is CN=C(NCC(O)c1cc2ccccc2s1)NC1CCN(CC(F)(F)F)C1. The molecule has 1 saturated heterocycles. The lowest BCUT2D eigenvalue weighted by Gasteiger charge is -2.20. The minimum atomic E-state index is -4.18. The van der Waals surface area contributed by atoms with Crippen LogP contribution in [-0.2, 0) is 0 Å².